The summed E-state index contributed by atoms with van der Waals surface area (Å²) in [6, 6.07) is 9.42. The van der Waals surface area contributed by atoms with Crippen molar-refractivity contribution in [3.8, 4) is 5.75 Å². The molecule has 2 rings (SSSR count). The van der Waals surface area contributed by atoms with Crippen molar-refractivity contribution in [3.63, 3.8) is 0 Å². The van der Waals surface area contributed by atoms with E-state index in [9.17, 15) is 19.6 Å². The van der Waals surface area contributed by atoms with Crippen molar-refractivity contribution in [2.24, 2.45) is 0 Å². The molecule has 1 aromatic heterocycles. The van der Waals surface area contributed by atoms with E-state index in [1.165, 1.54) is 36.5 Å². The summed E-state index contributed by atoms with van der Waals surface area (Å²) in [4.78, 5) is 23.4. The Morgan fingerprint density at radius 1 is 1.21 bits per heavy atom. The van der Waals surface area contributed by atoms with Crippen LogP contribution in [0.5, 0.6) is 5.75 Å². The van der Waals surface area contributed by atoms with E-state index in [0.29, 0.717) is 0 Å². The third-order valence-corrected chi connectivity index (χ3v) is 3.52. The van der Waals surface area contributed by atoms with Crippen LogP contribution in [0.2, 0.25) is 0 Å². The second-order valence-electron chi connectivity index (χ2n) is 3.55. The second-order valence-corrected chi connectivity index (χ2v) is 5.23. The van der Waals surface area contributed by atoms with Crippen LogP contribution >= 0.6 is 7.60 Å². The van der Waals surface area contributed by atoms with Crippen molar-refractivity contribution < 1.29 is 18.9 Å². The van der Waals surface area contributed by atoms with Gasteiger partial charge < -0.3 is 9.42 Å². The Hall–Kier alpha value is -2.24. The number of nitro benzene ring substituents is 1. The Bertz CT molecular complexity index is 629. The van der Waals surface area contributed by atoms with Crippen LogP contribution in [0.15, 0.2) is 48.7 Å². The Morgan fingerprint density at radius 2 is 1.89 bits per heavy atom. The van der Waals surface area contributed by atoms with Crippen molar-refractivity contribution >= 4 is 18.7 Å². The summed E-state index contributed by atoms with van der Waals surface area (Å²) >= 11 is 0. The number of pyridine rings is 1. The van der Waals surface area contributed by atoms with Gasteiger partial charge in [-0.05, 0) is 24.3 Å². The first kappa shape index (κ1) is 13.2. The molecule has 0 aliphatic heterocycles. The minimum Gasteiger partial charge on any atom is -0.420 e. The smallest absolute Gasteiger partial charge is 0.420 e. The van der Waals surface area contributed by atoms with Crippen molar-refractivity contribution in [2.45, 2.75) is 0 Å². The molecule has 0 aliphatic carbocycles. The Balaban J connectivity index is 2.21. The minimum atomic E-state index is -4.09. The van der Waals surface area contributed by atoms with E-state index in [1.807, 2.05) is 0 Å². The molecule has 0 saturated heterocycles. The predicted octanol–water partition coefficient (Wildman–Crippen LogP) is 1.88. The highest BCUT2D eigenvalue weighted by atomic mass is 31.2. The normalized spacial score (nSPS) is 13.5. The van der Waals surface area contributed by atoms with Gasteiger partial charge in [-0.3, -0.25) is 10.1 Å². The zero-order valence-corrected chi connectivity index (χ0v) is 10.4. The average Bonchev–Trinajstić information content (AvgIpc) is 2.40. The fourth-order valence-corrected chi connectivity index (χ4v) is 2.33. The predicted molar refractivity (Wildman–Crippen MR) is 67.4 cm³/mol. The van der Waals surface area contributed by atoms with Crippen LogP contribution in [0.1, 0.15) is 0 Å². The zero-order chi connectivity index (χ0) is 13.9. The molecule has 1 unspecified atom stereocenters. The van der Waals surface area contributed by atoms with Gasteiger partial charge >= 0.3 is 7.60 Å². The third-order valence-electron chi connectivity index (χ3n) is 2.22. The maximum atomic E-state index is 11.9. The average molecular weight is 280 g/mol. The molecule has 0 saturated carbocycles. The minimum absolute atomic E-state index is 0.0575. The van der Waals surface area contributed by atoms with Crippen molar-refractivity contribution in [3.05, 3.63) is 58.8 Å². The number of nitro groups is 1. The highest BCUT2D eigenvalue weighted by Crippen LogP contribution is 2.40. The van der Waals surface area contributed by atoms with Crippen LogP contribution in [0, 0.1) is 10.1 Å². The van der Waals surface area contributed by atoms with E-state index in [4.69, 9.17) is 4.52 Å². The molecular formula is C11H9N2O5P. The topological polar surface area (TPSA) is 103 Å². The highest BCUT2D eigenvalue weighted by Gasteiger charge is 2.25. The molecule has 0 amide bonds. The zero-order valence-electron chi connectivity index (χ0n) is 9.54. The molecule has 1 aromatic carbocycles. The van der Waals surface area contributed by atoms with Gasteiger partial charge in [0, 0.05) is 18.3 Å². The summed E-state index contributed by atoms with van der Waals surface area (Å²) in [5.74, 6) is 0.0575. The summed E-state index contributed by atoms with van der Waals surface area (Å²) in [5, 5.41) is 10.5. The molecule has 0 spiro atoms. The largest absolute Gasteiger partial charge is 0.426 e. The van der Waals surface area contributed by atoms with E-state index in [0.717, 1.165) is 0 Å². The van der Waals surface area contributed by atoms with Crippen LogP contribution in [0.25, 0.3) is 0 Å². The SMILES string of the molecule is O=[N+]([O-])c1ccc(OP(=O)(O)c2ccccn2)cc1. The molecule has 1 N–H and O–H groups in total. The van der Waals surface area contributed by atoms with E-state index in [1.54, 1.807) is 12.1 Å². The van der Waals surface area contributed by atoms with Crippen molar-refractivity contribution in [1.29, 1.82) is 0 Å². The van der Waals surface area contributed by atoms with Crippen LogP contribution in [0.4, 0.5) is 5.69 Å². The summed E-state index contributed by atoms with van der Waals surface area (Å²) < 4.78 is 16.9. The van der Waals surface area contributed by atoms with Crippen molar-refractivity contribution in [2.75, 3.05) is 0 Å². The van der Waals surface area contributed by atoms with Gasteiger partial charge in [0.1, 0.15) is 5.75 Å². The Morgan fingerprint density at radius 3 is 2.42 bits per heavy atom. The molecular weight excluding hydrogens is 271 g/mol. The van der Waals surface area contributed by atoms with Gasteiger partial charge in [0.25, 0.3) is 5.69 Å². The van der Waals surface area contributed by atoms with Gasteiger partial charge in [-0.2, -0.15) is 0 Å². The highest BCUT2D eigenvalue weighted by molar-refractivity contribution is 7.61. The lowest BCUT2D eigenvalue weighted by Gasteiger charge is -2.12. The lowest BCUT2D eigenvalue weighted by molar-refractivity contribution is -0.384. The van der Waals surface area contributed by atoms with E-state index in [-0.39, 0.29) is 16.9 Å². The second kappa shape index (κ2) is 5.17. The monoisotopic (exact) mass is 280 g/mol. The fourth-order valence-electron chi connectivity index (χ4n) is 1.34. The van der Waals surface area contributed by atoms with E-state index in [2.05, 4.69) is 4.98 Å². The summed E-state index contributed by atoms with van der Waals surface area (Å²) in [7, 11) is -4.09. The summed E-state index contributed by atoms with van der Waals surface area (Å²) in [5.41, 5.74) is -0.216. The maximum Gasteiger partial charge on any atom is 0.426 e. The summed E-state index contributed by atoms with van der Waals surface area (Å²) in [6.45, 7) is 0. The molecule has 0 fully saturated rings. The van der Waals surface area contributed by atoms with Gasteiger partial charge in [-0.25, -0.2) is 9.55 Å². The van der Waals surface area contributed by atoms with Crippen LogP contribution in [0.3, 0.4) is 0 Å². The first-order valence-corrected chi connectivity index (χ1v) is 6.75. The van der Waals surface area contributed by atoms with Gasteiger partial charge in [-0.15, -0.1) is 0 Å². The molecule has 0 bridgehead atoms. The molecule has 0 radical (unpaired) electrons. The number of rotatable bonds is 4. The molecule has 98 valence electrons. The molecule has 0 aliphatic rings. The number of hydrogen-bond acceptors (Lipinski definition) is 5. The maximum absolute atomic E-state index is 11.9. The van der Waals surface area contributed by atoms with E-state index >= 15 is 0 Å². The number of non-ortho nitro benzene ring substituents is 1. The van der Waals surface area contributed by atoms with Crippen LogP contribution < -0.4 is 9.96 Å². The molecule has 1 heterocycles. The third kappa shape index (κ3) is 3.15. The number of nitrogens with zero attached hydrogens (tertiary/aromatic N) is 2. The Labute approximate surface area is 108 Å². The van der Waals surface area contributed by atoms with Gasteiger partial charge in [0.05, 0.1) is 4.92 Å². The first-order valence-electron chi connectivity index (χ1n) is 5.17. The Kier molecular flexibility index (Phi) is 3.59. The van der Waals surface area contributed by atoms with Crippen molar-refractivity contribution in [1.82, 2.24) is 4.98 Å². The molecule has 2 aromatic rings. The molecule has 8 heteroatoms. The number of aromatic nitrogens is 1. The van der Waals surface area contributed by atoms with Gasteiger partial charge in [0.15, 0.2) is 5.44 Å². The standard InChI is InChI=1S/C11H9N2O5P/c14-13(15)9-4-6-10(7-5-9)18-19(16,17)11-3-1-2-8-12-11/h1-8H,(H,16,17). The van der Waals surface area contributed by atoms with Gasteiger partial charge in [0.2, 0.25) is 0 Å². The quantitative estimate of drug-likeness (QED) is 0.521. The van der Waals surface area contributed by atoms with Gasteiger partial charge in [-0.1, -0.05) is 6.07 Å². The lowest BCUT2D eigenvalue weighted by Crippen LogP contribution is -2.12. The first-order chi connectivity index (χ1) is 8.99. The molecule has 7 nitrogen and oxygen atoms in total. The van der Waals surface area contributed by atoms with Crippen LogP contribution in [-0.2, 0) is 4.57 Å². The van der Waals surface area contributed by atoms with E-state index < -0.39 is 12.5 Å². The summed E-state index contributed by atoms with van der Waals surface area (Å²) in [6.07, 6.45) is 1.37. The molecule has 19 heavy (non-hydrogen) atoms. The van der Waals surface area contributed by atoms with Crippen LogP contribution in [-0.4, -0.2) is 14.8 Å². The number of benzene rings is 1. The molecule has 1 atom stereocenters. The lowest BCUT2D eigenvalue weighted by atomic mass is 10.3. The fraction of sp³-hybridized carbons (Fsp3) is 0. The number of hydrogen-bond donors (Lipinski definition) is 1.